The molecule has 0 aliphatic heterocycles. The van der Waals surface area contributed by atoms with Gasteiger partial charge in [-0.15, -0.1) is 0 Å². The zero-order valence-electron chi connectivity index (χ0n) is 11.7. The molecule has 19 heavy (non-hydrogen) atoms. The van der Waals surface area contributed by atoms with Crippen LogP contribution in [0.2, 0.25) is 0 Å². The Morgan fingerprint density at radius 3 is 2.21 bits per heavy atom. The molecule has 1 atom stereocenters. The van der Waals surface area contributed by atoms with E-state index in [4.69, 9.17) is 14.2 Å². The van der Waals surface area contributed by atoms with Crippen molar-refractivity contribution in [3.8, 4) is 17.2 Å². The number of carbonyl (C=O) groups excluding carboxylic acids is 1. The Bertz CT molecular complexity index is 447. The van der Waals surface area contributed by atoms with E-state index in [2.05, 4.69) is 10.5 Å². The van der Waals surface area contributed by atoms with E-state index in [-0.39, 0.29) is 18.4 Å². The monoisotopic (exact) mass is 270 g/mol. The molecule has 0 radical (unpaired) electrons. The number of esters is 1. The van der Waals surface area contributed by atoms with Crippen LogP contribution in [-0.4, -0.2) is 34.4 Å². The summed E-state index contributed by atoms with van der Waals surface area (Å²) in [5.41, 5.74) is 4.73. The summed E-state index contributed by atoms with van der Waals surface area (Å²) in [6, 6.07) is 3.27. The molecule has 3 N–H and O–H groups in total. The van der Waals surface area contributed by atoms with E-state index < -0.39 is 0 Å². The molecule has 0 aliphatic carbocycles. The highest BCUT2D eigenvalue weighted by Gasteiger charge is 2.24. The highest BCUT2D eigenvalue weighted by Crippen LogP contribution is 2.41. The third kappa shape index (κ3) is 3.29. The Kier molecular flexibility index (Phi) is 5.44. The van der Waals surface area contributed by atoms with Crippen molar-refractivity contribution in [2.24, 2.45) is 0 Å². The van der Waals surface area contributed by atoms with E-state index in [9.17, 15) is 4.79 Å². The molecule has 0 amide bonds. The summed E-state index contributed by atoms with van der Waals surface area (Å²) < 4.78 is 20.5. The predicted octanol–water partition coefficient (Wildman–Crippen LogP) is 0.559. The second-order valence-corrected chi connectivity index (χ2v) is 3.90. The Morgan fingerprint density at radius 1 is 1.11 bits per heavy atom. The van der Waals surface area contributed by atoms with Gasteiger partial charge in [0.15, 0.2) is 11.5 Å². The van der Waals surface area contributed by atoms with Gasteiger partial charge in [0.05, 0.1) is 34.0 Å². The lowest BCUT2D eigenvalue weighted by Gasteiger charge is -2.17. The molecule has 0 fully saturated rings. The van der Waals surface area contributed by atoms with Crippen LogP contribution in [0.1, 0.15) is 18.0 Å². The van der Waals surface area contributed by atoms with Crippen molar-refractivity contribution in [3.63, 3.8) is 0 Å². The van der Waals surface area contributed by atoms with Gasteiger partial charge < -0.3 is 24.7 Å². The summed E-state index contributed by atoms with van der Waals surface area (Å²) in [6.45, 7) is 0. The average Bonchev–Trinajstić information content (AvgIpc) is 2.44. The van der Waals surface area contributed by atoms with Crippen LogP contribution < -0.4 is 19.9 Å². The molecule has 1 aromatic rings. The van der Waals surface area contributed by atoms with Crippen molar-refractivity contribution in [2.75, 3.05) is 28.4 Å². The topological polar surface area (TPSA) is 81.6 Å². The minimum atomic E-state index is -0.322. The molecule has 0 aromatic heterocycles. The van der Waals surface area contributed by atoms with E-state index in [0.717, 1.165) is 5.56 Å². The second kappa shape index (κ2) is 6.84. The van der Waals surface area contributed by atoms with Crippen LogP contribution in [0, 0.1) is 0 Å². The van der Waals surface area contributed by atoms with Gasteiger partial charge in [-0.3, -0.25) is 4.79 Å². The number of rotatable bonds is 6. The number of ether oxygens (including phenoxy) is 4. The van der Waals surface area contributed by atoms with Gasteiger partial charge >= 0.3 is 5.97 Å². The van der Waals surface area contributed by atoms with Crippen molar-refractivity contribution < 1.29 is 29.5 Å². The van der Waals surface area contributed by atoms with Crippen molar-refractivity contribution >= 4 is 5.97 Å². The summed E-state index contributed by atoms with van der Waals surface area (Å²) in [7, 11) is 5.96. The van der Waals surface area contributed by atoms with E-state index in [1.165, 1.54) is 21.3 Å². The number of methoxy groups -OCH3 is 4. The molecule has 6 heteroatoms. The van der Waals surface area contributed by atoms with Crippen molar-refractivity contribution in [3.05, 3.63) is 17.7 Å². The van der Waals surface area contributed by atoms with Gasteiger partial charge in [0.1, 0.15) is 12.5 Å². The molecule has 0 saturated carbocycles. The first-order valence-corrected chi connectivity index (χ1v) is 5.77. The Hall–Kier alpha value is -1.95. The number of quaternary nitrogens is 1. The molecular weight excluding hydrogens is 250 g/mol. The van der Waals surface area contributed by atoms with Crippen LogP contribution in [0.5, 0.6) is 17.2 Å². The fourth-order valence-electron chi connectivity index (χ4n) is 1.84. The van der Waals surface area contributed by atoms with Gasteiger partial charge in [0.25, 0.3) is 0 Å². The largest absolute Gasteiger partial charge is 0.493 e. The van der Waals surface area contributed by atoms with E-state index >= 15 is 0 Å². The third-order valence-electron chi connectivity index (χ3n) is 2.82. The molecule has 1 aromatic carbocycles. The maximum atomic E-state index is 11.3. The SMILES string of the molecule is COC(=O)C[C@@H]([NH3+])c1ccc(OC)c(OC)c1OC. The summed E-state index contributed by atoms with van der Waals surface area (Å²) in [6.07, 6.45) is 0.169. The standard InChI is InChI=1S/C13H19NO5/c1-16-10-6-5-8(9(14)7-11(15)17-2)12(18-3)13(10)19-4/h5-6,9H,7,14H2,1-4H3/p+1/t9-/m1/s1. The van der Waals surface area contributed by atoms with Gasteiger partial charge in [-0.05, 0) is 12.1 Å². The highest BCUT2D eigenvalue weighted by molar-refractivity contribution is 5.70. The molecule has 1 rings (SSSR count). The Labute approximate surface area is 112 Å². The smallest absolute Gasteiger partial charge is 0.311 e. The summed E-state index contributed by atoms with van der Waals surface area (Å²) in [5, 5.41) is 0. The quantitative estimate of drug-likeness (QED) is 0.764. The van der Waals surface area contributed by atoms with Gasteiger partial charge in [-0.2, -0.15) is 0 Å². The maximum absolute atomic E-state index is 11.3. The van der Waals surface area contributed by atoms with Gasteiger partial charge in [-0.1, -0.05) is 0 Å². The van der Waals surface area contributed by atoms with Gasteiger partial charge in [0.2, 0.25) is 5.75 Å². The van der Waals surface area contributed by atoms with Crippen LogP contribution in [0.25, 0.3) is 0 Å². The van der Waals surface area contributed by atoms with Crippen LogP contribution >= 0.6 is 0 Å². The first-order chi connectivity index (χ1) is 9.08. The van der Waals surface area contributed by atoms with Crippen molar-refractivity contribution in [2.45, 2.75) is 12.5 Å². The third-order valence-corrected chi connectivity index (χ3v) is 2.82. The molecular formula is C13H20NO5+. The summed E-state index contributed by atoms with van der Waals surface area (Å²) in [5.74, 6) is 1.25. The van der Waals surface area contributed by atoms with Gasteiger partial charge in [-0.25, -0.2) is 0 Å². The van der Waals surface area contributed by atoms with Crippen LogP contribution in [0.15, 0.2) is 12.1 Å². The lowest BCUT2D eigenvalue weighted by atomic mass is 10.0. The highest BCUT2D eigenvalue weighted by atomic mass is 16.5. The lowest BCUT2D eigenvalue weighted by Crippen LogP contribution is -2.54. The van der Waals surface area contributed by atoms with E-state index in [1.54, 1.807) is 19.2 Å². The van der Waals surface area contributed by atoms with Gasteiger partial charge in [0, 0.05) is 0 Å². The molecule has 0 bridgehead atoms. The number of benzene rings is 1. The first kappa shape index (κ1) is 15.1. The minimum absolute atomic E-state index is 0.169. The molecule has 0 unspecified atom stereocenters. The van der Waals surface area contributed by atoms with E-state index in [0.29, 0.717) is 17.2 Å². The normalized spacial score (nSPS) is 11.6. The number of hydrogen-bond acceptors (Lipinski definition) is 5. The van der Waals surface area contributed by atoms with E-state index in [1.807, 2.05) is 0 Å². The second-order valence-electron chi connectivity index (χ2n) is 3.90. The summed E-state index contributed by atoms with van der Waals surface area (Å²) in [4.78, 5) is 11.3. The number of hydrogen-bond donors (Lipinski definition) is 1. The minimum Gasteiger partial charge on any atom is -0.493 e. The first-order valence-electron chi connectivity index (χ1n) is 5.77. The Morgan fingerprint density at radius 2 is 1.74 bits per heavy atom. The average molecular weight is 270 g/mol. The van der Waals surface area contributed by atoms with Crippen molar-refractivity contribution in [1.29, 1.82) is 0 Å². The zero-order chi connectivity index (χ0) is 14.4. The van der Waals surface area contributed by atoms with Crippen molar-refractivity contribution in [1.82, 2.24) is 0 Å². The molecule has 0 aliphatic rings. The lowest BCUT2D eigenvalue weighted by molar-refractivity contribution is -0.426. The molecule has 0 saturated heterocycles. The van der Waals surface area contributed by atoms with Crippen LogP contribution in [-0.2, 0) is 9.53 Å². The van der Waals surface area contributed by atoms with Crippen LogP contribution in [0.3, 0.4) is 0 Å². The summed E-state index contributed by atoms with van der Waals surface area (Å²) >= 11 is 0. The Balaban J connectivity index is 3.17. The molecule has 0 spiro atoms. The fraction of sp³-hybridized carbons (Fsp3) is 0.462. The van der Waals surface area contributed by atoms with Crippen LogP contribution in [0.4, 0.5) is 0 Å². The molecule has 106 valence electrons. The predicted molar refractivity (Wildman–Crippen MR) is 68.4 cm³/mol. The molecule has 6 nitrogen and oxygen atoms in total. The maximum Gasteiger partial charge on any atom is 0.311 e. The zero-order valence-corrected chi connectivity index (χ0v) is 11.7. The molecule has 0 heterocycles. The number of carbonyl (C=O) groups is 1. The fourth-order valence-corrected chi connectivity index (χ4v) is 1.84.